The van der Waals surface area contributed by atoms with Crippen molar-refractivity contribution in [3.8, 4) is 11.4 Å². The summed E-state index contributed by atoms with van der Waals surface area (Å²) in [5, 5.41) is 7.83. The number of carbonyl (C=O) groups is 1. The van der Waals surface area contributed by atoms with E-state index < -0.39 is 0 Å². The molecule has 2 aromatic rings. The predicted molar refractivity (Wildman–Crippen MR) is 121 cm³/mol. The maximum atomic E-state index is 12.4. The van der Waals surface area contributed by atoms with Crippen LogP contribution in [0.5, 0.6) is 0 Å². The summed E-state index contributed by atoms with van der Waals surface area (Å²) in [4.78, 5) is 19.3. The van der Waals surface area contributed by atoms with E-state index >= 15 is 0 Å². The second-order valence-electron chi connectivity index (χ2n) is 7.97. The Morgan fingerprint density at radius 3 is 2.58 bits per heavy atom. The molecule has 2 heterocycles. The SMILES string of the molecule is CCC(CC)C(CNC(=O)CCCc1nc(-c2ccc(Cl)cc2)no1)N1CCOCC1. The Bertz CT molecular complexity index is 801. The van der Waals surface area contributed by atoms with E-state index in [0.29, 0.717) is 54.5 Å². The first-order valence-corrected chi connectivity index (χ1v) is 11.7. The van der Waals surface area contributed by atoms with E-state index in [9.17, 15) is 4.79 Å². The third-order valence-electron chi connectivity index (χ3n) is 5.98. The molecule has 0 bridgehead atoms. The molecule has 8 heteroatoms. The lowest BCUT2D eigenvalue weighted by atomic mass is 9.92. The Hall–Kier alpha value is -1.96. The van der Waals surface area contributed by atoms with Crippen LogP contribution >= 0.6 is 11.6 Å². The van der Waals surface area contributed by atoms with Crippen LogP contribution in [0.3, 0.4) is 0 Å². The van der Waals surface area contributed by atoms with Gasteiger partial charge in [-0.1, -0.05) is 43.4 Å². The quantitative estimate of drug-likeness (QED) is 0.560. The van der Waals surface area contributed by atoms with Crippen molar-refractivity contribution in [2.24, 2.45) is 5.92 Å². The highest BCUT2D eigenvalue weighted by Gasteiger charge is 2.27. The largest absolute Gasteiger partial charge is 0.379 e. The topological polar surface area (TPSA) is 80.5 Å². The zero-order valence-corrected chi connectivity index (χ0v) is 19.2. The van der Waals surface area contributed by atoms with Crippen molar-refractivity contribution in [2.75, 3.05) is 32.8 Å². The van der Waals surface area contributed by atoms with Crippen LogP contribution < -0.4 is 5.32 Å². The molecule has 7 nitrogen and oxygen atoms in total. The third kappa shape index (κ3) is 7.02. The molecular weight excluding hydrogens is 416 g/mol. The van der Waals surface area contributed by atoms with E-state index in [0.717, 1.165) is 44.7 Å². The number of aryl methyl sites for hydroxylation is 1. The molecule has 1 aliphatic heterocycles. The lowest BCUT2D eigenvalue weighted by molar-refractivity contribution is -0.121. The molecule has 1 N–H and O–H groups in total. The van der Waals surface area contributed by atoms with Gasteiger partial charge in [0.25, 0.3) is 0 Å². The summed E-state index contributed by atoms with van der Waals surface area (Å²) < 4.78 is 10.8. The Morgan fingerprint density at radius 1 is 1.19 bits per heavy atom. The molecule has 0 saturated carbocycles. The number of hydrogen-bond donors (Lipinski definition) is 1. The Balaban J connectivity index is 1.44. The summed E-state index contributed by atoms with van der Waals surface area (Å²) in [7, 11) is 0. The number of carbonyl (C=O) groups excluding carboxylic acids is 1. The molecule has 0 radical (unpaired) electrons. The van der Waals surface area contributed by atoms with E-state index in [-0.39, 0.29) is 5.91 Å². The summed E-state index contributed by atoms with van der Waals surface area (Å²) in [6, 6.07) is 7.66. The van der Waals surface area contributed by atoms with Crippen LogP contribution in [0.1, 0.15) is 45.4 Å². The zero-order valence-electron chi connectivity index (χ0n) is 18.5. The molecule has 1 atom stereocenters. The lowest BCUT2D eigenvalue weighted by Gasteiger charge is -2.38. The monoisotopic (exact) mass is 448 g/mol. The summed E-state index contributed by atoms with van der Waals surface area (Å²) in [6.07, 6.45) is 3.91. The number of amides is 1. The van der Waals surface area contributed by atoms with Gasteiger partial charge in [0.05, 0.1) is 13.2 Å². The Morgan fingerprint density at radius 2 is 1.90 bits per heavy atom. The molecule has 1 aromatic heterocycles. The van der Waals surface area contributed by atoms with Crippen LogP contribution in [0.2, 0.25) is 5.02 Å². The number of morpholine rings is 1. The van der Waals surface area contributed by atoms with Crippen LogP contribution in [-0.2, 0) is 16.0 Å². The van der Waals surface area contributed by atoms with Crippen LogP contribution in [-0.4, -0.2) is 59.8 Å². The Kier molecular flexibility index (Phi) is 9.31. The van der Waals surface area contributed by atoms with Crippen LogP contribution in [0.4, 0.5) is 0 Å². The van der Waals surface area contributed by atoms with Crippen LogP contribution in [0, 0.1) is 5.92 Å². The highest BCUT2D eigenvalue weighted by molar-refractivity contribution is 6.30. The fraction of sp³-hybridized carbons (Fsp3) is 0.609. The second-order valence-corrected chi connectivity index (χ2v) is 8.40. The second kappa shape index (κ2) is 12.2. The first-order valence-electron chi connectivity index (χ1n) is 11.3. The number of ether oxygens (including phenoxy) is 1. The summed E-state index contributed by atoms with van der Waals surface area (Å²) in [5.74, 6) is 1.72. The van der Waals surface area contributed by atoms with Crippen LogP contribution in [0.25, 0.3) is 11.4 Å². The third-order valence-corrected chi connectivity index (χ3v) is 6.23. The molecule has 170 valence electrons. The minimum absolute atomic E-state index is 0.0710. The molecule has 3 rings (SSSR count). The van der Waals surface area contributed by atoms with Crippen LogP contribution in [0.15, 0.2) is 28.8 Å². The summed E-state index contributed by atoms with van der Waals surface area (Å²) >= 11 is 5.92. The zero-order chi connectivity index (χ0) is 22.1. The van der Waals surface area contributed by atoms with Gasteiger partial charge in [-0.05, 0) is 36.6 Å². The predicted octanol–water partition coefficient (Wildman–Crippen LogP) is 3.97. The fourth-order valence-electron chi connectivity index (χ4n) is 4.12. The van der Waals surface area contributed by atoms with E-state index in [4.69, 9.17) is 20.9 Å². The average Bonchev–Trinajstić information content (AvgIpc) is 3.26. The van der Waals surface area contributed by atoms with Gasteiger partial charge in [0.15, 0.2) is 0 Å². The molecule has 0 spiro atoms. The maximum absolute atomic E-state index is 12.4. The van der Waals surface area contributed by atoms with E-state index in [1.54, 1.807) is 12.1 Å². The van der Waals surface area contributed by atoms with Crippen molar-refractivity contribution in [1.29, 1.82) is 0 Å². The van der Waals surface area contributed by atoms with E-state index in [2.05, 4.69) is 34.2 Å². The maximum Gasteiger partial charge on any atom is 0.226 e. The molecule has 1 aliphatic rings. The minimum Gasteiger partial charge on any atom is -0.379 e. The van der Waals surface area contributed by atoms with Crippen molar-refractivity contribution >= 4 is 17.5 Å². The van der Waals surface area contributed by atoms with Crippen molar-refractivity contribution in [3.05, 3.63) is 35.2 Å². The number of rotatable bonds is 11. The highest BCUT2D eigenvalue weighted by atomic mass is 35.5. The molecule has 0 aliphatic carbocycles. The number of nitrogens with one attached hydrogen (secondary N) is 1. The van der Waals surface area contributed by atoms with Gasteiger partial charge in [0.2, 0.25) is 17.6 Å². The molecule has 1 aromatic carbocycles. The van der Waals surface area contributed by atoms with Gasteiger partial charge in [-0.25, -0.2) is 0 Å². The first-order chi connectivity index (χ1) is 15.1. The summed E-state index contributed by atoms with van der Waals surface area (Å²) in [5.41, 5.74) is 0.854. The van der Waals surface area contributed by atoms with Crippen molar-refractivity contribution < 1.29 is 14.1 Å². The number of aromatic nitrogens is 2. The molecular formula is C23H33ClN4O3. The van der Waals surface area contributed by atoms with Gasteiger partial charge in [-0.3, -0.25) is 9.69 Å². The van der Waals surface area contributed by atoms with Gasteiger partial charge in [-0.15, -0.1) is 0 Å². The lowest BCUT2D eigenvalue weighted by Crippen LogP contribution is -2.52. The number of halogens is 1. The van der Waals surface area contributed by atoms with Gasteiger partial charge >= 0.3 is 0 Å². The molecule has 31 heavy (non-hydrogen) atoms. The van der Waals surface area contributed by atoms with Gasteiger partial charge in [0.1, 0.15) is 0 Å². The van der Waals surface area contributed by atoms with E-state index in [1.807, 2.05) is 12.1 Å². The molecule has 1 saturated heterocycles. The fourth-order valence-corrected chi connectivity index (χ4v) is 4.24. The normalized spacial score (nSPS) is 15.9. The molecule has 1 amide bonds. The number of nitrogens with zero attached hydrogens (tertiary/aromatic N) is 3. The first kappa shape index (κ1) is 23.7. The number of hydrogen-bond acceptors (Lipinski definition) is 6. The standard InChI is InChI=1S/C23H33ClN4O3/c1-3-17(4-2)20(28-12-14-30-15-13-28)16-25-21(29)6-5-7-22-26-23(27-31-22)18-8-10-19(24)11-9-18/h8-11,17,20H,3-7,12-16H2,1-2H3,(H,25,29). The molecule has 1 unspecified atom stereocenters. The Labute approximate surface area is 189 Å². The van der Waals surface area contributed by atoms with Gasteiger partial charge in [0, 0.05) is 49.1 Å². The van der Waals surface area contributed by atoms with Gasteiger partial charge < -0.3 is 14.6 Å². The number of benzene rings is 1. The summed E-state index contributed by atoms with van der Waals surface area (Å²) in [6.45, 7) is 8.55. The minimum atomic E-state index is 0.0710. The van der Waals surface area contributed by atoms with E-state index in [1.165, 1.54) is 0 Å². The molecule has 1 fully saturated rings. The average molecular weight is 449 g/mol. The van der Waals surface area contributed by atoms with Crippen molar-refractivity contribution in [3.63, 3.8) is 0 Å². The smallest absolute Gasteiger partial charge is 0.226 e. The van der Waals surface area contributed by atoms with Crippen molar-refractivity contribution in [2.45, 2.75) is 52.0 Å². The highest BCUT2D eigenvalue weighted by Crippen LogP contribution is 2.20. The van der Waals surface area contributed by atoms with Gasteiger partial charge in [-0.2, -0.15) is 4.98 Å². The van der Waals surface area contributed by atoms with Crippen molar-refractivity contribution in [1.82, 2.24) is 20.4 Å².